The first kappa shape index (κ1) is 13.4. The van der Waals surface area contributed by atoms with Crippen molar-refractivity contribution >= 4 is 0 Å². The summed E-state index contributed by atoms with van der Waals surface area (Å²) in [5, 5.41) is 10.3. The molecular weight excluding hydrogens is 226 g/mol. The Bertz CT molecular complexity index is 403. The maximum absolute atomic E-state index is 10.3. The van der Waals surface area contributed by atoms with Gasteiger partial charge in [-0.15, -0.1) is 0 Å². The molecule has 1 unspecified atom stereocenters. The molecule has 1 aromatic carbocycles. The number of hydrogen-bond donors (Lipinski definition) is 1. The Balaban J connectivity index is 1.97. The van der Waals surface area contributed by atoms with Crippen LogP contribution in [0.2, 0.25) is 0 Å². The number of ether oxygens (including phenoxy) is 1. The molecule has 0 bridgehead atoms. The predicted molar refractivity (Wildman–Crippen MR) is 72.8 cm³/mol. The maximum atomic E-state index is 10.3. The van der Waals surface area contributed by atoms with Crippen molar-refractivity contribution in [1.29, 1.82) is 0 Å². The first-order valence-corrected chi connectivity index (χ1v) is 6.54. The average Bonchev–Trinajstić information content (AvgIpc) is 2.68. The van der Waals surface area contributed by atoms with Gasteiger partial charge in [0.2, 0.25) is 0 Å². The lowest BCUT2D eigenvalue weighted by Gasteiger charge is -2.22. The zero-order valence-electron chi connectivity index (χ0n) is 11.5. The Morgan fingerprint density at radius 1 is 1.44 bits per heavy atom. The van der Waals surface area contributed by atoms with Gasteiger partial charge in [-0.1, -0.05) is 26.0 Å². The lowest BCUT2D eigenvalue weighted by atomic mass is 9.93. The van der Waals surface area contributed by atoms with Gasteiger partial charge in [-0.25, -0.2) is 0 Å². The molecule has 3 nitrogen and oxygen atoms in total. The Labute approximate surface area is 109 Å². The summed E-state index contributed by atoms with van der Waals surface area (Å²) in [5.74, 6) is 0.799. The minimum Gasteiger partial charge on any atom is -0.497 e. The van der Waals surface area contributed by atoms with E-state index in [2.05, 4.69) is 18.7 Å². The van der Waals surface area contributed by atoms with Crippen LogP contribution >= 0.6 is 0 Å². The summed E-state index contributed by atoms with van der Waals surface area (Å²) < 4.78 is 5.18. The van der Waals surface area contributed by atoms with E-state index in [1.807, 2.05) is 24.3 Å². The van der Waals surface area contributed by atoms with Crippen molar-refractivity contribution in [3.63, 3.8) is 0 Å². The highest BCUT2D eigenvalue weighted by atomic mass is 16.5. The van der Waals surface area contributed by atoms with Crippen LogP contribution in [0.4, 0.5) is 0 Å². The second-order valence-corrected chi connectivity index (χ2v) is 5.94. The lowest BCUT2D eigenvalue weighted by molar-refractivity contribution is 0.120. The van der Waals surface area contributed by atoms with Gasteiger partial charge in [0.05, 0.1) is 13.2 Å². The molecule has 0 radical (unpaired) electrons. The normalized spacial score (nSPS) is 20.9. The minimum atomic E-state index is -0.436. The molecule has 0 spiro atoms. The second kappa shape index (κ2) is 5.29. The second-order valence-electron chi connectivity index (χ2n) is 5.94. The van der Waals surface area contributed by atoms with Gasteiger partial charge in [0.1, 0.15) is 5.75 Å². The molecule has 3 heteroatoms. The topological polar surface area (TPSA) is 32.7 Å². The zero-order valence-corrected chi connectivity index (χ0v) is 11.5. The highest BCUT2D eigenvalue weighted by Gasteiger charge is 2.30. The fourth-order valence-electron chi connectivity index (χ4n) is 2.58. The van der Waals surface area contributed by atoms with Crippen LogP contribution in [-0.4, -0.2) is 36.8 Å². The van der Waals surface area contributed by atoms with E-state index in [1.165, 1.54) is 6.42 Å². The number of aliphatic hydroxyl groups excluding tert-OH is 1. The number of hydrogen-bond acceptors (Lipinski definition) is 3. The average molecular weight is 249 g/mol. The summed E-state index contributed by atoms with van der Waals surface area (Å²) in [6.07, 6.45) is 0.770. The Morgan fingerprint density at radius 3 is 2.83 bits per heavy atom. The Hall–Kier alpha value is -1.06. The van der Waals surface area contributed by atoms with Crippen LogP contribution in [0.25, 0.3) is 0 Å². The van der Waals surface area contributed by atoms with Gasteiger partial charge in [-0.05, 0) is 36.1 Å². The molecule has 1 N–H and O–H groups in total. The molecule has 1 atom stereocenters. The molecule has 1 aliphatic rings. The molecule has 0 aliphatic carbocycles. The molecule has 0 saturated carbocycles. The van der Waals surface area contributed by atoms with Crippen LogP contribution in [0, 0.1) is 5.41 Å². The monoisotopic (exact) mass is 249 g/mol. The van der Waals surface area contributed by atoms with Crippen LogP contribution < -0.4 is 4.74 Å². The number of β-amino-alcohol motifs (C(OH)–C–C–N with tert-alkyl or cyclic N) is 1. The first-order valence-electron chi connectivity index (χ1n) is 6.54. The highest BCUT2D eigenvalue weighted by molar-refractivity contribution is 5.29. The standard InChI is InChI=1S/C15H23NO2/c1-15(2)7-8-16(11-15)10-14(17)12-5-4-6-13(9-12)18-3/h4-6,9,14,17H,7-8,10-11H2,1-3H3. The molecule has 1 fully saturated rings. The van der Waals surface area contributed by atoms with E-state index in [9.17, 15) is 5.11 Å². The van der Waals surface area contributed by atoms with Crippen molar-refractivity contribution < 1.29 is 9.84 Å². The maximum Gasteiger partial charge on any atom is 0.119 e. The van der Waals surface area contributed by atoms with Gasteiger partial charge in [-0.3, -0.25) is 4.90 Å². The summed E-state index contributed by atoms with van der Waals surface area (Å²) in [4.78, 5) is 2.34. The van der Waals surface area contributed by atoms with E-state index in [4.69, 9.17) is 4.74 Å². The summed E-state index contributed by atoms with van der Waals surface area (Å²) in [6.45, 7) is 7.41. The predicted octanol–water partition coefficient (Wildman–Crippen LogP) is 2.46. The van der Waals surface area contributed by atoms with Crippen molar-refractivity contribution in [2.45, 2.75) is 26.4 Å². The smallest absolute Gasteiger partial charge is 0.119 e. The summed E-state index contributed by atoms with van der Waals surface area (Å²) >= 11 is 0. The van der Waals surface area contributed by atoms with Gasteiger partial charge in [0.25, 0.3) is 0 Å². The van der Waals surface area contributed by atoms with Crippen molar-refractivity contribution in [2.24, 2.45) is 5.41 Å². The molecule has 1 aliphatic heterocycles. The molecule has 0 aromatic heterocycles. The van der Waals surface area contributed by atoms with Gasteiger partial charge < -0.3 is 9.84 Å². The van der Waals surface area contributed by atoms with Gasteiger partial charge in [0.15, 0.2) is 0 Å². The van der Waals surface area contributed by atoms with E-state index in [-0.39, 0.29) is 0 Å². The molecule has 1 saturated heterocycles. The summed E-state index contributed by atoms with van der Waals surface area (Å²) in [7, 11) is 1.65. The zero-order chi connectivity index (χ0) is 13.2. The van der Waals surface area contributed by atoms with Crippen LogP contribution in [0.1, 0.15) is 31.9 Å². The van der Waals surface area contributed by atoms with Crippen LogP contribution in [0.15, 0.2) is 24.3 Å². The number of likely N-dealkylation sites (tertiary alicyclic amines) is 1. The minimum absolute atomic E-state index is 0.383. The summed E-state index contributed by atoms with van der Waals surface area (Å²) in [5.41, 5.74) is 1.31. The number of rotatable bonds is 4. The number of aliphatic hydroxyl groups is 1. The van der Waals surface area contributed by atoms with E-state index in [1.54, 1.807) is 7.11 Å². The third-order valence-corrected chi connectivity index (χ3v) is 3.67. The molecule has 1 heterocycles. The van der Waals surface area contributed by atoms with Crippen molar-refractivity contribution in [3.8, 4) is 5.75 Å². The Morgan fingerprint density at radius 2 is 2.22 bits per heavy atom. The summed E-state index contributed by atoms with van der Waals surface area (Å²) in [6, 6.07) is 7.68. The van der Waals surface area contributed by atoms with Crippen molar-refractivity contribution in [1.82, 2.24) is 4.90 Å². The quantitative estimate of drug-likeness (QED) is 0.889. The van der Waals surface area contributed by atoms with Crippen LogP contribution in [0.5, 0.6) is 5.75 Å². The molecule has 1 aromatic rings. The number of benzene rings is 1. The van der Waals surface area contributed by atoms with E-state index >= 15 is 0 Å². The van der Waals surface area contributed by atoms with Gasteiger partial charge >= 0.3 is 0 Å². The highest BCUT2D eigenvalue weighted by Crippen LogP contribution is 2.30. The van der Waals surface area contributed by atoms with Crippen LogP contribution in [-0.2, 0) is 0 Å². The fraction of sp³-hybridized carbons (Fsp3) is 0.600. The van der Waals surface area contributed by atoms with Crippen molar-refractivity contribution in [3.05, 3.63) is 29.8 Å². The van der Waals surface area contributed by atoms with Crippen LogP contribution in [0.3, 0.4) is 0 Å². The molecule has 2 rings (SSSR count). The third kappa shape index (κ3) is 3.24. The van der Waals surface area contributed by atoms with Gasteiger partial charge in [0, 0.05) is 13.1 Å². The van der Waals surface area contributed by atoms with Gasteiger partial charge in [-0.2, -0.15) is 0 Å². The SMILES string of the molecule is COc1cccc(C(O)CN2CCC(C)(C)C2)c1. The molecule has 18 heavy (non-hydrogen) atoms. The molecular formula is C15H23NO2. The first-order chi connectivity index (χ1) is 8.50. The Kier molecular flexibility index (Phi) is 3.93. The number of nitrogens with zero attached hydrogens (tertiary/aromatic N) is 1. The largest absolute Gasteiger partial charge is 0.497 e. The van der Waals surface area contributed by atoms with E-state index in [0.717, 1.165) is 24.4 Å². The fourth-order valence-corrected chi connectivity index (χ4v) is 2.58. The number of methoxy groups -OCH3 is 1. The lowest BCUT2D eigenvalue weighted by Crippen LogP contribution is -2.28. The third-order valence-electron chi connectivity index (χ3n) is 3.67. The molecule has 100 valence electrons. The van der Waals surface area contributed by atoms with Crippen molar-refractivity contribution in [2.75, 3.05) is 26.7 Å². The van der Waals surface area contributed by atoms with E-state index in [0.29, 0.717) is 12.0 Å². The molecule has 0 amide bonds. The van der Waals surface area contributed by atoms with E-state index < -0.39 is 6.10 Å².